The van der Waals surface area contributed by atoms with Crippen LogP contribution in [0.25, 0.3) is 0 Å². The summed E-state index contributed by atoms with van der Waals surface area (Å²) in [6, 6.07) is 10.5. The van der Waals surface area contributed by atoms with Crippen molar-refractivity contribution in [2.75, 3.05) is 17.7 Å². The Bertz CT molecular complexity index is 1210. The van der Waals surface area contributed by atoms with Crippen molar-refractivity contribution in [2.45, 2.75) is 37.8 Å². The average molecular weight is 461 g/mol. The van der Waals surface area contributed by atoms with Gasteiger partial charge in [0.1, 0.15) is 10.8 Å². The first-order chi connectivity index (χ1) is 14.6. The molecule has 9 heteroatoms. The van der Waals surface area contributed by atoms with E-state index in [2.05, 4.69) is 20.6 Å². The number of para-hydroxylation sites is 1. The third kappa shape index (κ3) is 4.91. The normalized spacial score (nSPS) is 11.5. The molecule has 164 valence electrons. The summed E-state index contributed by atoms with van der Waals surface area (Å²) >= 11 is 6.29. The van der Waals surface area contributed by atoms with Crippen molar-refractivity contribution in [3.8, 4) is 5.75 Å². The molecule has 0 radical (unpaired) electrons. The second-order valence-corrected chi connectivity index (χ2v) is 10.2. The molecule has 0 saturated carbocycles. The Morgan fingerprint density at radius 3 is 2.39 bits per heavy atom. The average Bonchev–Trinajstić information content (AvgIpc) is 2.73. The molecule has 0 aliphatic heterocycles. The van der Waals surface area contributed by atoms with Crippen LogP contribution in [0.2, 0.25) is 5.02 Å². The van der Waals surface area contributed by atoms with Crippen molar-refractivity contribution in [3.63, 3.8) is 0 Å². The van der Waals surface area contributed by atoms with Gasteiger partial charge in [-0.25, -0.2) is 13.4 Å². The van der Waals surface area contributed by atoms with Crippen LogP contribution in [0.15, 0.2) is 47.5 Å². The highest BCUT2D eigenvalue weighted by Gasteiger charge is 2.23. The van der Waals surface area contributed by atoms with Gasteiger partial charge in [0.25, 0.3) is 0 Å². The van der Waals surface area contributed by atoms with E-state index in [0.717, 1.165) is 11.1 Å². The van der Waals surface area contributed by atoms with E-state index < -0.39 is 15.1 Å². The minimum Gasteiger partial charge on any atom is -0.495 e. The number of anilines is 4. The third-order valence-corrected chi connectivity index (χ3v) is 7.36. The monoisotopic (exact) mass is 460 g/mol. The van der Waals surface area contributed by atoms with Gasteiger partial charge in [-0.1, -0.05) is 23.7 Å². The van der Waals surface area contributed by atoms with Crippen molar-refractivity contribution in [2.24, 2.45) is 0 Å². The number of sulfone groups is 1. The lowest BCUT2D eigenvalue weighted by Crippen LogP contribution is -2.15. The maximum Gasteiger partial charge on any atom is 0.229 e. The van der Waals surface area contributed by atoms with E-state index in [0.29, 0.717) is 17.1 Å². The van der Waals surface area contributed by atoms with E-state index in [1.165, 1.54) is 6.20 Å². The molecule has 0 aliphatic carbocycles. The van der Waals surface area contributed by atoms with Crippen LogP contribution < -0.4 is 15.4 Å². The van der Waals surface area contributed by atoms with E-state index in [4.69, 9.17) is 16.3 Å². The summed E-state index contributed by atoms with van der Waals surface area (Å²) in [5.74, 6) is 1.23. The van der Waals surface area contributed by atoms with Crippen molar-refractivity contribution in [1.82, 2.24) is 9.97 Å². The molecular weight excluding hydrogens is 436 g/mol. The fourth-order valence-electron chi connectivity index (χ4n) is 2.89. The Morgan fingerprint density at radius 2 is 1.71 bits per heavy atom. The van der Waals surface area contributed by atoms with Crippen LogP contribution in [0.3, 0.4) is 0 Å². The number of benzene rings is 2. The van der Waals surface area contributed by atoms with Gasteiger partial charge in [0, 0.05) is 0 Å². The predicted molar refractivity (Wildman–Crippen MR) is 125 cm³/mol. The second-order valence-electron chi connectivity index (χ2n) is 7.37. The molecule has 7 nitrogen and oxygen atoms in total. The zero-order valence-electron chi connectivity index (χ0n) is 18.0. The number of nitrogens with one attached hydrogen (secondary N) is 2. The lowest BCUT2D eigenvalue weighted by molar-refractivity contribution is 0.416. The number of rotatable bonds is 7. The van der Waals surface area contributed by atoms with Crippen molar-refractivity contribution in [3.05, 3.63) is 58.7 Å². The Balaban J connectivity index is 1.97. The predicted octanol–water partition coefficient (Wildman–Crippen LogP) is 5.42. The zero-order valence-corrected chi connectivity index (χ0v) is 19.6. The number of halogens is 1. The van der Waals surface area contributed by atoms with Crippen molar-refractivity contribution >= 4 is 44.6 Å². The fourth-order valence-corrected chi connectivity index (χ4v) is 4.23. The third-order valence-electron chi connectivity index (χ3n) is 4.87. The number of hydrogen-bond acceptors (Lipinski definition) is 7. The fraction of sp³-hybridized carbons (Fsp3) is 0.273. The number of nitrogens with zero attached hydrogens (tertiary/aromatic N) is 2. The maximum absolute atomic E-state index is 12.7. The summed E-state index contributed by atoms with van der Waals surface area (Å²) in [6.07, 6.45) is 1.45. The Kier molecular flexibility index (Phi) is 6.71. The first-order valence-corrected chi connectivity index (χ1v) is 11.6. The number of hydrogen-bond donors (Lipinski definition) is 2. The van der Waals surface area contributed by atoms with Gasteiger partial charge in [0.05, 0.1) is 34.8 Å². The topological polar surface area (TPSA) is 93.2 Å². The smallest absolute Gasteiger partial charge is 0.229 e. The van der Waals surface area contributed by atoms with Crippen LogP contribution in [0.5, 0.6) is 5.75 Å². The molecule has 3 rings (SSSR count). The van der Waals surface area contributed by atoms with Crippen LogP contribution in [0.4, 0.5) is 23.1 Å². The highest BCUT2D eigenvalue weighted by Crippen LogP contribution is 2.33. The molecule has 0 atom stereocenters. The summed E-state index contributed by atoms with van der Waals surface area (Å²) in [7, 11) is -1.90. The molecule has 0 spiro atoms. The van der Waals surface area contributed by atoms with E-state index in [9.17, 15) is 8.42 Å². The molecule has 0 fully saturated rings. The first-order valence-electron chi connectivity index (χ1n) is 9.68. The van der Waals surface area contributed by atoms with Gasteiger partial charge in [-0.2, -0.15) is 4.98 Å². The van der Waals surface area contributed by atoms with Gasteiger partial charge < -0.3 is 15.4 Å². The number of methoxy groups -OCH3 is 1. The van der Waals surface area contributed by atoms with Crippen molar-refractivity contribution in [1.29, 1.82) is 0 Å². The molecule has 0 amide bonds. The summed E-state index contributed by atoms with van der Waals surface area (Å²) in [4.78, 5) is 8.86. The zero-order chi connectivity index (χ0) is 22.8. The molecule has 0 saturated heterocycles. The number of aryl methyl sites for hydroxylation is 2. The summed E-state index contributed by atoms with van der Waals surface area (Å²) < 4.78 is 30.9. The lowest BCUT2D eigenvalue weighted by atomic mass is 10.1. The molecule has 0 aliphatic rings. The molecule has 1 heterocycles. The van der Waals surface area contributed by atoms with Crippen LogP contribution >= 0.6 is 11.6 Å². The SMILES string of the molecule is COc1cc(C)c(C)cc1Nc1ncc(Cl)c(Nc2ccccc2S(=O)(=O)C(C)C)n1. The van der Waals surface area contributed by atoms with E-state index in [1.54, 1.807) is 45.2 Å². The Hall–Kier alpha value is -2.84. The summed E-state index contributed by atoms with van der Waals surface area (Å²) in [6.45, 7) is 7.29. The van der Waals surface area contributed by atoms with Crippen LogP contribution in [0, 0.1) is 13.8 Å². The van der Waals surface area contributed by atoms with Crippen LogP contribution in [-0.2, 0) is 9.84 Å². The Labute approximate surface area is 187 Å². The van der Waals surface area contributed by atoms with E-state index >= 15 is 0 Å². The van der Waals surface area contributed by atoms with Crippen LogP contribution in [-0.4, -0.2) is 30.7 Å². The molecule has 2 N–H and O–H groups in total. The number of aromatic nitrogens is 2. The van der Waals surface area contributed by atoms with Gasteiger partial charge in [-0.3, -0.25) is 0 Å². The first kappa shape index (κ1) is 22.8. The quantitative estimate of drug-likeness (QED) is 0.485. The number of ether oxygens (including phenoxy) is 1. The summed E-state index contributed by atoms with van der Waals surface area (Å²) in [5.41, 5.74) is 3.29. The molecular formula is C22H25ClN4O3S. The van der Waals surface area contributed by atoms with Crippen molar-refractivity contribution < 1.29 is 13.2 Å². The molecule has 31 heavy (non-hydrogen) atoms. The van der Waals surface area contributed by atoms with E-state index in [1.807, 2.05) is 26.0 Å². The Morgan fingerprint density at radius 1 is 1.03 bits per heavy atom. The maximum atomic E-state index is 12.7. The molecule has 0 unspecified atom stereocenters. The largest absolute Gasteiger partial charge is 0.495 e. The standard InChI is InChI=1S/C22H25ClN4O3S/c1-13(2)31(28,29)20-9-7-6-8-17(20)25-21-16(23)12-24-22(27-21)26-18-10-14(3)15(4)11-19(18)30-5/h6-13H,1-5H3,(H2,24,25,26,27). The minimum atomic E-state index is -3.50. The van der Waals surface area contributed by atoms with Gasteiger partial charge in [-0.15, -0.1) is 0 Å². The van der Waals surface area contributed by atoms with Gasteiger partial charge in [0.15, 0.2) is 15.7 Å². The van der Waals surface area contributed by atoms with Crippen LogP contribution in [0.1, 0.15) is 25.0 Å². The second kappa shape index (κ2) is 9.11. The molecule has 2 aromatic carbocycles. The highest BCUT2D eigenvalue weighted by atomic mass is 35.5. The molecule has 0 bridgehead atoms. The summed E-state index contributed by atoms with van der Waals surface area (Å²) in [5, 5.41) is 5.88. The van der Waals surface area contributed by atoms with Gasteiger partial charge in [-0.05, 0) is 63.1 Å². The lowest BCUT2D eigenvalue weighted by Gasteiger charge is -2.16. The minimum absolute atomic E-state index is 0.185. The van der Waals surface area contributed by atoms with Gasteiger partial charge >= 0.3 is 0 Å². The van der Waals surface area contributed by atoms with E-state index in [-0.39, 0.29) is 21.7 Å². The molecule has 3 aromatic rings. The molecule has 1 aromatic heterocycles. The van der Waals surface area contributed by atoms with Gasteiger partial charge in [0.2, 0.25) is 5.95 Å². The highest BCUT2D eigenvalue weighted by molar-refractivity contribution is 7.92.